The van der Waals surface area contributed by atoms with E-state index in [4.69, 9.17) is 9.47 Å². The minimum absolute atomic E-state index is 0.157. The summed E-state index contributed by atoms with van der Waals surface area (Å²) in [6, 6.07) is 0. The van der Waals surface area contributed by atoms with E-state index in [1.807, 2.05) is 6.08 Å². The quantitative estimate of drug-likeness (QED) is 0.798. The molecule has 0 aromatic carbocycles. The van der Waals surface area contributed by atoms with Crippen molar-refractivity contribution in [3.05, 3.63) is 12.7 Å². The van der Waals surface area contributed by atoms with Crippen molar-refractivity contribution in [3.63, 3.8) is 0 Å². The maximum absolute atomic E-state index is 11.1. The van der Waals surface area contributed by atoms with Crippen molar-refractivity contribution in [2.24, 2.45) is 11.8 Å². The summed E-state index contributed by atoms with van der Waals surface area (Å²) in [5.41, 5.74) is -0.563. The maximum atomic E-state index is 11.1. The van der Waals surface area contributed by atoms with Crippen molar-refractivity contribution in [1.29, 1.82) is 0 Å². The van der Waals surface area contributed by atoms with Crippen LogP contribution in [0.5, 0.6) is 0 Å². The van der Waals surface area contributed by atoms with Crippen LogP contribution in [-0.2, 0) is 9.47 Å². The maximum Gasteiger partial charge on any atom is 0.174 e. The first-order valence-corrected chi connectivity index (χ1v) is 7.81. The highest BCUT2D eigenvalue weighted by Crippen LogP contribution is 2.55. The Hall–Kier alpha value is -0.380. The van der Waals surface area contributed by atoms with E-state index in [0.717, 1.165) is 44.9 Å². The molecule has 0 aromatic rings. The highest BCUT2D eigenvalue weighted by Gasteiger charge is 2.60. The topological polar surface area (TPSA) is 38.7 Å². The Balaban J connectivity index is 1.87. The normalized spacial score (nSPS) is 41.1. The average molecular weight is 266 g/mol. The summed E-state index contributed by atoms with van der Waals surface area (Å²) >= 11 is 0. The van der Waals surface area contributed by atoms with Crippen LogP contribution >= 0.6 is 0 Å². The number of hydrogen-bond acceptors (Lipinski definition) is 3. The number of fused-ring (bicyclic) bond motifs is 2. The van der Waals surface area contributed by atoms with Gasteiger partial charge in [-0.05, 0) is 44.4 Å². The molecule has 0 radical (unpaired) electrons. The first kappa shape index (κ1) is 13.6. The summed E-state index contributed by atoms with van der Waals surface area (Å²) in [5, 5.41) is 11.1. The van der Waals surface area contributed by atoms with E-state index >= 15 is 0 Å². The van der Waals surface area contributed by atoms with Gasteiger partial charge in [-0.3, -0.25) is 0 Å². The zero-order chi connectivity index (χ0) is 13.3. The fourth-order valence-electron chi connectivity index (χ4n) is 4.71. The third-order valence-electron chi connectivity index (χ3n) is 5.36. The highest BCUT2D eigenvalue weighted by molar-refractivity contribution is 5.05. The third kappa shape index (κ3) is 2.26. The van der Waals surface area contributed by atoms with Crippen LogP contribution in [-0.4, -0.2) is 29.7 Å². The molecule has 2 saturated carbocycles. The fraction of sp³-hybridized carbons (Fsp3) is 0.875. The molecule has 0 amide bonds. The standard InChI is InChI=1S/C16H26O3/c1-2-3-6-13-7-4-8-15(17)9-5-10-16(14(13)15)18-11-12-19-16/h2,13-14,17H,1,3-12H2/t13-,14-,15+/m0/s1. The van der Waals surface area contributed by atoms with Gasteiger partial charge in [0.2, 0.25) is 0 Å². The summed E-state index contributed by atoms with van der Waals surface area (Å²) in [4.78, 5) is 0. The minimum Gasteiger partial charge on any atom is -0.389 e. The Morgan fingerprint density at radius 3 is 2.63 bits per heavy atom. The summed E-state index contributed by atoms with van der Waals surface area (Å²) < 4.78 is 12.0. The zero-order valence-corrected chi connectivity index (χ0v) is 11.8. The Morgan fingerprint density at radius 1 is 1.16 bits per heavy atom. The number of rotatable bonds is 3. The molecule has 1 saturated heterocycles. The molecule has 3 atom stereocenters. The molecular weight excluding hydrogens is 240 g/mol. The third-order valence-corrected chi connectivity index (χ3v) is 5.36. The van der Waals surface area contributed by atoms with Crippen LogP contribution in [0.4, 0.5) is 0 Å². The lowest BCUT2D eigenvalue weighted by Crippen LogP contribution is -2.60. The number of hydrogen-bond donors (Lipinski definition) is 1. The van der Waals surface area contributed by atoms with Gasteiger partial charge >= 0.3 is 0 Å². The van der Waals surface area contributed by atoms with Crippen molar-refractivity contribution < 1.29 is 14.6 Å². The Bertz CT molecular complexity index is 331. The van der Waals surface area contributed by atoms with Gasteiger partial charge in [0, 0.05) is 12.3 Å². The first-order valence-electron chi connectivity index (χ1n) is 7.81. The molecule has 0 unspecified atom stereocenters. The van der Waals surface area contributed by atoms with Gasteiger partial charge in [-0.2, -0.15) is 0 Å². The van der Waals surface area contributed by atoms with E-state index in [-0.39, 0.29) is 5.92 Å². The molecule has 0 aromatic heterocycles. The van der Waals surface area contributed by atoms with E-state index in [1.165, 1.54) is 6.42 Å². The van der Waals surface area contributed by atoms with Gasteiger partial charge < -0.3 is 14.6 Å². The van der Waals surface area contributed by atoms with E-state index in [9.17, 15) is 5.11 Å². The van der Waals surface area contributed by atoms with E-state index in [2.05, 4.69) is 6.58 Å². The average Bonchev–Trinajstić information content (AvgIpc) is 2.84. The SMILES string of the molecule is C=CCC[C@H]1CCC[C@@]2(O)CCCC3(OCCO3)[C@@H]12. The molecule has 3 fully saturated rings. The van der Waals surface area contributed by atoms with Gasteiger partial charge in [-0.1, -0.05) is 12.5 Å². The monoisotopic (exact) mass is 266 g/mol. The van der Waals surface area contributed by atoms with Crippen LogP contribution in [0.2, 0.25) is 0 Å². The van der Waals surface area contributed by atoms with Gasteiger partial charge in [0.25, 0.3) is 0 Å². The van der Waals surface area contributed by atoms with Crippen LogP contribution < -0.4 is 0 Å². The highest BCUT2D eigenvalue weighted by atomic mass is 16.7. The van der Waals surface area contributed by atoms with Crippen molar-refractivity contribution in [2.75, 3.05) is 13.2 Å². The van der Waals surface area contributed by atoms with Crippen LogP contribution in [0.15, 0.2) is 12.7 Å². The largest absolute Gasteiger partial charge is 0.389 e. The second-order valence-electron chi connectivity index (χ2n) is 6.46. The second kappa shape index (κ2) is 5.19. The second-order valence-corrected chi connectivity index (χ2v) is 6.46. The smallest absolute Gasteiger partial charge is 0.174 e. The van der Waals surface area contributed by atoms with Gasteiger partial charge in [-0.25, -0.2) is 0 Å². The molecule has 1 heterocycles. The lowest BCUT2D eigenvalue weighted by molar-refractivity contribution is -0.285. The molecule has 3 rings (SSSR count). The molecule has 108 valence electrons. The predicted octanol–water partition coefficient (Wildman–Crippen LogP) is 3.03. The summed E-state index contributed by atoms with van der Waals surface area (Å²) in [6.07, 6.45) is 10.2. The van der Waals surface area contributed by atoms with E-state index in [0.29, 0.717) is 19.1 Å². The van der Waals surface area contributed by atoms with Gasteiger partial charge in [-0.15, -0.1) is 6.58 Å². The molecule has 1 N–H and O–H groups in total. The summed E-state index contributed by atoms with van der Waals surface area (Å²) in [6.45, 7) is 5.19. The van der Waals surface area contributed by atoms with Crippen molar-refractivity contribution in [2.45, 2.75) is 62.8 Å². The summed E-state index contributed by atoms with van der Waals surface area (Å²) in [5.74, 6) is 0.180. The first-order chi connectivity index (χ1) is 9.20. The lowest BCUT2D eigenvalue weighted by atomic mass is 9.59. The molecule has 0 bridgehead atoms. The molecule has 19 heavy (non-hydrogen) atoms. The van der Waals surface area contributed by atoms with Gasteiger partial charge in [0.1, 0.15) is 0 Å². The molecule has 3 nitrogen and oxygen atoms in total. The van der Waals surface area contributed by atoms with Crippen LogP contribution in [0.1, 0.15) is 51.4 Å². The predicted molar refractivity (Wildman–Crippen MR) is 73.7 cm³/mol. The fourth-order valence-corrected chi connectivity index (χ4v) is 4.71. The van der Waals surface area contributed by atoms with Crippen LogP contribution in [0, 0.1) is 11.8 Å². The molecule has 3 heteroatoms. The minimum atomic E-state index is -0.563. The molecule has 3 aliphatic rings. The van der Waals surface area contributed by atoms with Crippen LogP contribution in [0.3, 0.4) is 0 Å². The Morgan fingerprint density at radius 2 is 1.89 bits per heavy atom. The van der Waals surface area contributed by atoms with Gasteiger partial charge in [0.05, 0.1) is 18.8 Å². The molecule has 1 aliphatic heterocycles. The van der Waals surface area contributed by atoms with E-state index in [1.54, 1.807) is 0 Å². The number of aliphatic hydroxyl groups is 1. The Labute approximate surface area is 116 Å². The van der Waals surface area contributed by atoms with Crippen molar-refractivity contribution in [1.82, 2.24) is 0 Å². The summed E-state index contributed by atoms with van der Waals surface area (Å²) in [7, 11) is 0. The number of allylic oxidation sites excluding steroid dienone is 1. The molecular formula is C16H26O3. The van der Waals surface area contributed by atoms with Gasteiger partial charge in [0.15, 0.2) is 5.79 Å². The van der Waals surface area contributed by atoms with Crippen LogP contribution in [0.25, 0.3) is 0 Å². The Kier molecular flexibility index (Phi) is 3.71. The molecule has 1 spiro atoms. The number of ether oxygens (including phenoxy) is 2. The lowest BCUT2D eigenvalue weighted by Gasteiger charge is -2.55. The van der Waals surface area contributed by atoms with Crippen molar-refractivity contribution in [3.8, 4) is 0 Å². The zero-order valence-electron chi connectivity index (χ0n) is 11.8. The van der Waals surface area contributed by atoms with E-state index < -0.39 is 11.4 Å². The molecule has 2 aliphatic carbocycles. The van der Waals surface area contributed by atoms with Crippen molar-refractivity contribution >= 4 is 0 Å².